The van der Waals surface area contributed by atoms with Crippen molar-refractivity contribution < 1.29 is 19.5 Å². The van der Waals surface area contributed by atoms with E-state index in [1.165, 1.54) is 12.1 Å². The molecule has 0 saturated heterocycles. The fraction of sp³-hybridized carbons (Fsp3) is 0.250. The van der Waals surface area contributed by atoms with E-state index in [4.69, 9.17) is 14.6 Å². The van der Waals surface area contributed by atoms with Crippen molar-refractivity contribution in [1.82, 2.24) is 0 Å². The lowest BCUT2D eigenvalue weighted by Gasteiger charge is -2.04. The summed E-state index contributed by atoms with van der Waals surface area (Å²) in [5.74, 6) is 0.370. The van der Waals surface area contributed by atoms with Gasteiger partial charge in [0, 0.05) is 6.07 Å². The fourth-order valence-corrected chi connectivity index (χ4v) is 1.23. The summed E-state index contributed by atoms with van der Waals surface area (Å²) in [5.41, 5.74) is -0.154. The molecule has 0 radical (unpaired) electrons. The maximum absolute atomic E-state index is 10.6. The van der Waals surface area contributed by atoms with E-state index in [2.05, 4.69) is 0 Å². The van der Waals surface area contributed by atoms with E-state index in [9.17, 15) is 10.1 Å². The number of hydrogen-bond donors (Lipinski definition) is 1. The lowest BCUT2D eigenvalue weighted by molar-refractivity contribution is -0.385. The zero-order chi connectivity index (χ0) is 10.1. The molecule has 6 heteroatoms. The quantitative estimate of drug-likeness (QED) is 0.557. The van der Waals surface area contributed by atoms with Crippen LogP contribution in [0.5, 0.6) is 11.5 Å². The molecule has 1 aromatic rings. The van der Waals surface area contributed by atoms with E-state index in [1.54, 1.807) is 6.07 Å². The number of rotatable bonds is 2. The molecule has 14 heavy (non-hydrogen) atoms. The van der Waals surface area contributed by atoms with Crippen LogP contribution < -0.4 is 9.47 Å². The molecule has 0 fully saturated rings. The molecular weight excluding hydrogens is 190 g/mol. The Labute approximate surface area is 78.8 Å². The normalized spacial score (nSPS) is 18.2. The first kappa shape index (κ1) is 8.76. The molecule has 1 aliphatic heterocycles. The van der Waals surface area contributed by atoms with Gasteiger partial charge in [-0.25, -0.2) is 0 Å². The fourth-order valence-electron chi connectivity index (χ4n) is 1.23. The van der Waals surface area contributed by atoms with E-state index in [0.29, 0.717) is 5.75 Å². The third-order valence-corrected chi connectivity index (χ3v) is 1.81. The number of para-hydroxylation sites is 1. The summed E-state index contributed by atoms with van der Waals surface area (Å²) in [5, 5.41) is 19.3. The van der Waals surface area contributed by atoms with Crippen molar-refractivity contribution in [2.45, 2.75) is 6.29 Å². The number of aliphatic hydroxyl groups is 1. The predicted molar refractivity (Wildman–Crippen MR) is 45.2 cm³/mol. The molecule has 0 aliphatic carbocycles. The Kier molecular flexibility index (Phi) is 1.97. The van der Waals surface area contributed by atoms with Crippen molar-refractivity contribution >= 4 is 5.69 Å². The standard InChI is InChI=1S/C8H7NO5/c10-4-7-13-6-3-1-2-5(9(11)12)8(6)14-7/h1-3,7,10H,4H2. The summed E-state index contributed by atoms with van der Waals surface area (Å²) in [6.07, 6.45) is -0.842. The second kappa shape index (κ2) is 3.15. The molecule has 1 atom stereocenters. The molecule has 1 heterocycles. The molecule has 0 amide bonds. The minimum absolute atomic E-state index is 0.0801. The van der Waals surface area contributed by atoms with Gasteiger partial charge in [-0.3, -0.25) is 10.1 Å². The molecular formula is C8H7NO5. The number of nitro benzene ring substituents is 1. The van der Waals surface area contributed by atoms with Gasteiger partial charge in [-0.2, -0.15) is 0 Å². The molecule has 1 aliphatic rings. The van der Waals surface area contributed by atoms with E-state index >= 15 is 0 Å². The number of benzene rings is 1. The minimum Gasteiger partial charge on any atom is -0.448 e. The van der Waals surface area contributed by atoms with Crippen molar-refractivity contribution in [2.75, 3.05) is 6.61 Å². The summed E-state index contributed by atoms with van der Waals surface area (Å²) < 4.78 is 10.1. The topological polar surface area (TPSA) is 81.8 Å². The van der Waals surface area contributed by atoms with Crippen molar-refractivity contribution in [3.8, 4) is 11.5 Å². The Bertz CT molecular complexity index is 378. The van der Waals surface area contributed by atoms with E-state index in [1.807, 2.05) is 0 Å². The molecule has 6 nitrogen and oxygen atoms in total. The number of hydrogen-bond acceptors (Lipinski definition) is 5. The highest BCUT2D eigenvalue weighted by atomic mass is 16.7. The van der Waals surface area contributed by atoms with Crippen LogP contribution in [0, 0.1) is 10.1 Å². The van der Waals surface area contributed by atoms with Crippen molar-refractivity contribution in [1.29, 1.82) is 0 Å². The lowest BCUT2D eigenvalue weighted by atomic mass is 10.3. The number of fused-ring (bicyclic) bond motifs is 1. The van der Waals surface area contributed by atoms with Crippen LogP contribution in [0.15, 0.2) is 18.2 Å². The van der Waals surface area contributed by atoms with Crippen LogP contribution in [0.2, 0.25) is 0 Å². The number of nitro groups is 1. The van der Waals surface area contributed by atoms with Gasteiger partial charge in [-0.1, -0.05) is 6.07 Å². The average Bonchev–Trinajstić information content (AvgIpc) is 2.59. The first-order chi connectivity index (χ1) is 6.72. The summed E-state index contributed by atoms with van der Waals surface area (Å²) in [6.45, 7) is -0.341. The zero-order valence-corrected chi connectivity index (χ0v) is 7.04. The summed E-state index contributed by atoms with van der Waals surface area (Å²) in [6, 6.07) is 4.38. The Hall–Kier alpha value is -1.82. The minimum atomic E-state index is -0.842. The van der Waals surface area contributed by atoms with Gasteiger partial charge in [-0.15, -0.1) is 0 Å². The van der Waals surface area contributed by atoms with Gasteiger partial charge in [0.2, 0.25) is 5.75 Å². The number of ether oxygens (including phenoxy) is 2. The summed E-state index contributed by atoms with van der Waals surface area (Å²) in [4.78, 5) is 10.0. The van der Waals surface area contributed by atoms with Gasteiger partial charge >= 0.3 is 5.69 Å². The van der Waals surface area contributed by atoms with E-state index in [0.717, 1.165) is 0 Å². The SMILES string of the molecule is O=[N+]([O-])c1cccc2c1OC(CO)O2. The number of aliphatic hydroxyl groups excluding tert-OH is 1. The summed E-state index contributed by atoms with van der Waals surface area (Å²) >= 11 is 0. The van der Waals surface area contributed by atoms with Gasteiger partial charge in [0.25, 0.3) is 6.29 Å². The van der Waals surface area contributed by atoms with Crippen LogP contribution in [-0.4, -0.2) is 22.9 Å². The van der Waals surface area contributed by atoms with Gasteiger partial charge in [0.05, 0.1) is 4.92 Å². The third-order valence-electron chi connectivity index (χ3n) is 1.81. The third kappa shape index (κ3) is 1.25. The maximum Gasteiger partial charge on any atom is 0.315 e. The maximum atomic E-state index is 10.6. The van der Waals surface area contributed by atoms with E-state index < -0.39 is 11.2 Å². The molecule has 74 valence electrons. The van der Waals surface area contributed by atoms with Crippen LogP contribution in [0.3, 0.4) is 0 Å². The van der Waals surface area contributed by atoms with Crippen molar-refractivity contribution in [2.24, 2.45) is 0 Å². The Morgan fingerprint density at radius 2 is 2.29 bits per heavy atom. The highest BCUT2D eigenvalue weighted by Gasteiger charge is 2.30. The monoisotopic (exact) mass is 197 g/mol. The van der Waals surface area contributed by atoms with Crippen molar-refractivity contribution in [3.05, 3.63) is 28.3 Å². The highest BCUT2D eigenvalue weighted by Crippen LogP contribution is 2.41. The van der Waals surface area contributed by atoms with Crippen LogP contribution in [0.25, 0.3) is 0 Å². The molecule has 0 bridgehead atoms. The zero-order valence-electron chi connectivity index (χ0n) is 7.04. The first-order valence-corrected chi connectivity index (χ1v) is 3.94. The molecule has 0 spiro atoms. The van der Waals surface area contributed by atoms with Crippen LogP contribution in [-0.2, 0) is 0 Å². The Balaban J connectivity index is 2.41. The lowest BCUT2D eigenvalue weighted by Crippen LogP contribution is -2.22. The van der Waals surface area contributed by atoms with Crippen molar-refractivity contribution in [3.63, 3.8) is 0 Å². The van der Waals surface area contributed by atoms with Crippen LogP contribution >= 0.6 is 0 Å². The second-order valence-corrected chi connectivity index (χ2v) is 2.71. The molecule has 0 aromatic heterocycles. The Morgan fingerprint density at radius 1 is 1.50 bits per heavy atom. The first-order valence-electron chi connectivity index (χ1n) is 3.94. The molecule has 1 N–H and O–H groups in total. The average molecular weight is 197 g/mol. The molecule has 1 unspecified atom stereocenters. The summed E-state index contributed by atoms with van der Waals surface area (Å²) in [7, 11) is 0. The molecule has 1 aromatic carbocycles. The second-order valence-electron chi connectivity index (χ2n) is 2.71. The highest BCUT2D eigenvalue weighted by molar-refractivity contribution is 5.57. The predicted octanol–water partition coefficient (Wildman–Crippen LogP) is 0.684. The Morgan fingerprint density at radius 3 is 2.93 bits per heavy atom. The largest absolute Gasteiger partial charge is 0.448 e. The van der Waals surface area contributed by atoms with Gasteiger partial charge < -0.3 is 14.6 Å². The van der Waals surface area contributed by atoms with Gasteiger partial charge in [-0.05, 0) is 6.07 Å². The van der Waals surface area contributed by atoms with Gasteiger partial charge in [0.1, 0.15) is 6.61 Å². The van der Waals surface area contributed by atoms with Crippen LogP contribution in [0.1, 0.15) is 0 Å². The van der Waals surface area contributed by atoms with Crippen LogP contribution in [0.4, 0.5) is 5.69 Å². The van der Waals surface area contributed by atoms with E-state index in [-0.39, 0.29) is 18.0 Å². The number of nitrogens with zero attached hydrogens (tertiary/aromatic N) is 1. The molecule has 0 saturated carbocycles. The smallest absolute Gasteiger partial charge is 0.315 e. The molecule has 2 rings (SSSR count). The van der Waals surface area contributed by atoms with Gasteiger partial charge in [0.15, 0.2) is 5.75 Å².